The Bertz CT molecular complexity index is 598. The number of nitrogens with zero attached hydrogens (tertiary/aromatic N) is 2. The number of nitro benzene ring substituents is 1. The maximum Gasteiger partial charge on any atom is 0.437 e. The standard InChI is InChI=1S/C8H6Cl3N2O6P/c9-8(10,11)7(14)12(20(17,18)19)5-3-1-2-4-6(5)13(15)16/h1-4H,(H2,17,18,19). The molecule has 110 valence electrons. The number of anilines is 1. The van der Waals surface area contributed by atoms with Crippen LogP contribution in [0, 0.1) is 10.1 Å². The molecule has 2 N–H and O–H groups in total. The van der Waals surface area contributed by atoms with Gasteiger partial charge < -0.3 is 9.79 Å². The lowest BCUT2D eigenvalue weighted by molar-refractivity contribution is -0.384. The lowest BCUT2D eigenvalue weighted by Gasteiger charge is -2.25. The van der Waals surface area contributed by atoms with Crippen molar-refractivity contribution in [2.45, 2.75) is 3.79 Å². The van der Waals surface area contributed by atoms with Crippen molar-refractivity contribution in [3.8, 4) is 0 Å². The van der Waals surface area contributed by atoms with E-state index >= 15 is 0 Å². The van der Waals surface area contributed by atoms with Crippen molar-refractivity contribution in [1.29, 1.82) is 0 Å². The predicted octanol–water partition coefficient (Wildman–Crippen LogP) is 2.39. The molecule has 1 aromatic carbocycles. The number of alkyl halides is 3. The highest BCUT2D eigenvalue weighted by atomic mass is 35.6. The van der Waals surface area contributed by atoms with Gasteiger partial charge in [-0.15, -0.1) is 0 Å². The number of hydrogen-bond donors (Lipinski definition) is 2. The molecular formula is C8H6Cl3N2O6P. The van der Waals surface area contributed by atoms with E-state index in [2.05, 4.69) is 0 Å². The first-order valence-electron chi connectivity index (χ1n) is 4.67. The van der Waals surface area contributed by atoms with Gasteiger partial charge >= 0.3 is 7.75 Å². The molecule has 0 spiro atoms. The summed E-state index contributed by atoms with van der Waals surface area (Å²) in [4.78, 5) is 40.1. The fourth-order valence-electron chi connectivity index (χ4n) is 1.29. The first-order valence-corrected chi connectivity index (χ1v) is 7.37. The molecule has 12 heteroatoms. The minimum atomic E-state index is -5.29. The van der Waals surface area contributed by atoms with E-state index in [0.29, 0.717) is 0 Å². The number of carbonyl (C=O) groups is 1. The summed E-state index contributed by atoms with van der Waals surface area (Å²) in [5.74, 6) is -1.61. The molecule has 0 aliphatic rings. The zero-order chi connectivity index (χ0) is 15.7. The molecule has 0 saturated carbocycles. The van der Waals surface area contributed by atoms with Gasteiger partial charge in [-0.3, -0.25) is 14.9 Å². The fourth-order valence-corrected chi connectivity index (χ4v) is 2.55. The monoisotopic (exact) mass is 362 g/mol. The van der Waals surface area contributed by atoms with Crippen molar-refractivity contribution < 1.29 is 24.1 Å². The first-order chi connectivity index (χ1) is 8.96. The Kier molecular flexibility index (Phi) is 5.02. The summed E-state index contributed by atoms with van der Waals surface area (Å²) in [6.07, 6.45) is 0. The fraction of sp³-hybridized carbons (Fsp3) is 0.125. The molecule has 0 aliphatic carbocycles. The number of para-hydroxylation sites is 2. The summed E-state index contributed by atoms with van der Waals surface area (Å²) in [6, 6.07) is 4.38. The van der Waals surface area contributed by atoms with Gasteiger partial charge in [-0.25, -0.2) is 9.24 Å². The quantitative estimate of drug-likeness (QED) is 0.368. The second-order valence-corrected chi connectivity index (χ2v) is 7.08. The van der Waals surface area contributed by atoms with Gasteiger partial charge in [0.05, 0.1) is 4.92 Å². The third-order valence-electron chi connectivity index (χ3n) is 2.00. The van der Waals surface area contributed by atoms with E-state index in [9.17, 15) is 29.3 Å². The van der Waals surface area contributed by atoms with Crippen LogP contribution >= 0.6 is 42.5 Å². The van der Waals surface area contributed by atoms with Gasteiger partial charge in [0.15, 0.2) is 0 Å². The number of benzene rings is 1. The maximum absolute atomic E-state index is 11.8. The second kappa shape index (κ2) is 5.85. The minimum Gasteiger partial charge on any atom is -0.308 e. The van der Waals surface area contributed by atoms with Gasteiger partial charge in [-0.2, -0.15) is 0 Å². The molecule has 0 heterocycles. The van der Waals surface area contributed by atoms with Crippen molar-refractivity contribution >= 4 is 59.8 Å². The van der Waals surface area contributed by atoms with Crippen LogP contribution in [0.25, 0.3) is 0 Å². The smallest absolute Gasteiger partial charge is 0.308 e. The Morgan fingerprint density at radius 3 is 2.20 bits per heavy atom. The number of hydrogen-bond acceptors (Lipinski definition) is 4. The van der Waals surface area contributed by atoms with Gasteiger partial charge in [0.1, 0.15) is 5.69 Å². The highest BCUT2D eigenvalue weighted by Gasteiger charge is 2.45. The Morgan fingerprint density at radius 2 is 1.80 bits per heavy atom. The Morgan fingerprint density at radius 1 is 1.30 bits per heavy atom. The minimum absolute atomic E-state index is 0.210. The van der Waals surface area contributed by atoms with Crippen LogP contribution in [0.1, 0.15) is 0 Å². The molecule has 0 saturated heterocycles. The highest BCUT2D eigenvalue weighted by molar-refractivity contribution is 7.55. The van der Waals surface area contributed by atoms with Gasteiger partial charge in [-0.05, 0) is 6.07 Å². The summed E-state index contributed by atoms with van der Waals surface area (Å²) in [6.45, 7) is 0. The molecule has 0 aromatic heterocycles. The zero-order valence-corrected chi connectivity index (χ0v) is 12.5. The second-order valence-electron chi connectivity index (χ2n) is 3.37. The Labute approximate surface area is 127 Å². The van der Waals surface area contributed by atoms with E-state index < -0.39 is 33.7 Å². The van der Waals surface area contributed by atoms with E-state index in [0.717, 1.165) is 12.1 Å². The molecule has 0 bridgehead atoms. The maximum atomic E-state index is 11.8. The van der Waals surface area contributed by atoms with E-state index in [4.69, 9.17) is 34.8 Å². The Balaban J connectivity index is 3.53. The molecule has 0 atom stereocenters. The molecular weight excluding hydrogens is 357 g/mol. The summed E-state index contributed by atoms with van der Waals surface area (Å²) >= 11 is 15.9. The summed E-state index contributed by atoms with van der Waals surface area (Å²) < 4.78 is 8.50. The van der Waals surface area contributed by atoms with E-state index in [1.165, 1.54) is 12.1 Å². The normalized spacial score (nSPS) is 12.1. The summed E-state index contributed by atoms with van der Waals surface area (Å²) in [5, 5.41) is 10.8. The zero-order valence-electron chi connectivity index (χ0n) is 9.31. The molecule has 20 heavy (non-hydrogen) atoms. The van der Waals surface area contributed by atoms with Crippen LogP contribution in [-0.2, 0) is 9.36 Å². The van der Waals surface area contributed by atoms with E-state index in [1.807, 2.05) is 0 Å². The molecule has 1 rings (SSSR count). The SMILES string of the molecule is O=C(N(c1ccccc1[N+](=O)[O-])P(=O)(O)O)C(Cl)(Cl)Cl. The number of rotatable bonds is 3. The summed E-state index contributed by atoms with van der Waals surface area (Å²) in [7, 11) is -5.29. The van der Waals surface area contributed by atoms with Crippen LogP contribution in [0.4, 0.5) is 11.4 Å². The van der Waals surface area contributed by atoms with Crippen LogP contribution in [0.5, 0.6) is 0 Å². The third kappa shape index (κ3) is 3.82. The lowest BCUT2D eigenvalue weighted by atomic mass is 10.2. The highest BCUT2D eigenvalue weighted by Crippen LogP contribution is 2.49. The van der Waals surface area contributed by atoms with Crippen molar-refractivity contribution in [3.63, 3.8) is 0 Å². The van der Waals surface area contributed by atoms with Crippen LogP contribution < -0.4 is 4.67 Å². The van der Waals surface area contributed by atoms with Crippen molar-refractivity contribution in [2.24, 2.45) is 0 Å². The molecule has 1 amide bonds. The van der Waals surface area contributed by atoms with Gasteiger partial charge in [0.25, 0.3) is 15.4 Å². The lowest BCUT2D eigenvalue weighted by Crippen LogP contribution is -2.37. The van der Waals surface area contributed by atoms with E-state index in [1.54, 1.807) is 0 Å². The molecule has 0 unspecified atom stereocenters. The molecule has 1 aromatic rings. The molecule has 0 fully saturated rings. The number of halogens is 3. The van der Waals surface area contributed by atoms with Crippen molar-refractivity contribution in [3.05, 3.63) is 34.4 Å². The predicted molar refractivity (Wildman–Crippen MR) is 72.9 cm³/mol. The molecule has 0 radical (unpaired) electrons. The van der Waals surface area contributed by atoms with Crippen molar-refractivity contribution in [2.75, 3.05) is 4.67 Å². The van der Waals surface area contributed by atoms with Crippen LogP contribution in [0.2, 0.25) is 0 Å². The molecule has 0 aliphatic heterocycles. The largest absolute Gasteiger partial charge is 0.437 e. The number of amides is 1. The van der Waals surface area contributed by atoms with Crippen LogP contribution in [0.15, 0.2) is 24.3 Å². The third-order valence-corrected chi connectivity index (χ3v) is 3.41. The van der Waals surface area contributed by atoms with Crippen molar-refractivity contribution in [1.82, 2.24) is 0 Å². The van der Waals surface area contributed by atoms with E-state index in [-0.39, 0.29) is 4.67 Å². The van der Waals surface area contributed by atoms with Gasteiger partial charge in [0, 0.05) is 6.07 Å². The topological polar surface area (TPSA) is 121 Å². The number of carbonyl (C=O) groups excluding carboxylic acids is 1. The van der Waals surface area contributed by atoms with Gasteiger partial charge in [0.2, 0.25) is 0 Å². The molecule has 8 nitrogen and oxygen atoms in total. The van der Waals surface area contributed by atoms with Gasteiger partial charge in [-0.1, -0.05) is 46.9 Å². The van der Waals surface area contributed by atoms with Crippen LogP contribution in [-0.4, -0.2) is 24.4 Å². The first kappa shape index (κ1) is 17.2. The number of nitro groups is 1. The average Bonchev–Trinajstić information content (AvgIpc) is 2.26. The Hall–Kier alpha value is -0.890. The summed E-state index contributed by atoms with van der Waals surface area (Å²) in [5.41, 5.74) is -1.40. The average molecular weight is 363 g/mol. The van der Waals surface area contributed by atoms with Crippen LogP contribution in [0.3, 0.4) is 0 Å².